The van der Waals surface area contributed by atoms with E-state index in [2.05, 4.69) is 5.32 Å². The van der Waals surface area contributed by atoms with Crippen molar-refractivity contribution in [3.05, 3.63) is 29.8 Å². The summed E-state index contributed by atoms with van der Waals surface area (Å²) in [5, 5.41) is 12.2. The molecule has 1 saturated heterocycles. The van der Waals surface area contributed by atoms with Gasteiger partial charge in [0.2, 0.25) is 5.91 Å². The first kappa shape index (κ1) is 16.7. The number of rotatable bonds is 6. The van der Waals surface area contributed by atoms with Crippen molar-refractivity contribution in [2.75, 3.05) is 18.6 Å². The van der Waals surface area contributed by atoms with Crippen LogP contribution < -0.4 is 10.1 Å². The Morgan fingerprint density at radius 1 is 1.36 bits per heavy atom. The van der Waals surface area contributed by atoms with Crippen LogP contribution in [-0.2, 0) is 16.0 Å². The summed E-state index contributed by atoms with van der Waals surface area (Å²) in [7, 11) is 1.60. The second-order valence-corrected chi connectivity index (χ2v) is 6.62. The fourth-order valence-corrected chi connectivity index (χ4v) is 3.72. The van der Waals surface area contributed by atoms with Crippen molar-refractivity contribution in [3.63, 3.8) is 0 Å². The Kier molecular flexibility index (Phi) is 5.71. The van der Waals surface area contributed by atoms with Gasteiger partial charge in [-0.3, -0.25) is 4.79 Å². The number of hydrogen-bond donors (Lipinski definition) is 2. The maximum atomic E-state index is 12.1. The molecular weight excluding hydrogens is 302 g/mol. The SMILES string of the molecule is COc1cccc(CCC(=O)NC2(C(=O)O)CCSCC2)c1. The van der Waals surface area contributed by atoms with Crippen LogP contribution in [0, 0.1) is 0 Å². The third kappa shape index (κ3) is 4.16. The molecule has 22 heavy (non-hydrogen) atoms. The van der Waals surface area contributed by atoms with Crippen molar-refractivity contribution in [2.45, 2.75) is 31.2 Å². The number of carboxylic acids is 1. The minimum absolute atomic E-state index is 0.211. The number of nitrogens with one attached hydrogen (secondary N) is 1. The second-order valence-electron chi connectivity index (χ2n) is 5.40. The Morgan fingerprint density at radius 2 is 2.09 bits per heavy atom. The Bertz CT molecular complexity index is 541. The van der Waals surface area contributed by atoms with Gasteiger partial charge in [-0.25, -0.2) is 4.79 Å². The van der Waals surface area contributed by atoms with Crippen LogP contribution in [0.1, 0.15) is 24.8 Å². The number of aliphatic carboxylic acids is 1. The molecule has 0 spiro atoms. The maximum absolute atomic E-state index is 12.1. The van der Waals surface area contributed by atoms with Gasteiger partial charge in [-0.2, -0.15) is 11.8 Å². The molecule has 1 aromatic rings. The van der Waals surface area contributed by atoms with Crippen LogP contribution in [0.3, 0.4) is 0 Å². The van der Waals surface area contributed by atoms with E-state index in [-0.39, 0.29) is 12.3 Å². The first-order valence-electron chi connectivity index (χ1n) is 7.31. The lowest BCUT2D eigenvalue weighted by Gasteiger charge is -2.33. The highest BCUT2D eigenvalue weighted by Gasteiger charge is 2.41. The number of carbonyl (C=O) groups excluding carboxylic acids is 1. The third-order valence-corrected chi connectivity index (χ3v) is 4.89. The summed E-state index contributed by atoms with van der Waals surface area (Å²) in [5.74, 6) is 1.15. The molecule has 0 aliphatic carbocycles. The molecule has 1 aliphatic rings. The topological polar surface area (TPSA) is 75.6 Å². The van der Waals surface area contributed by atoms with Crippen LogP contribution in [0.5, 0.6) is 5.75 Å². The van der Waals surface area contributed by atoms with Gasteiger partial charge in [-0.15, -0.1) is 0 Å². The Balaban J connectivity index is 1.92. The van der Waals surface area contributed by atoms with Gasteiger partial charge in [0.25, 0.3) is 0 Å². The minimum Gasteiger partial charge on any atom is -0.497 e. The third-order valence-electron chi connectivity index (χ3n) is 3.91. The van der Waals surface area contributed by atoms with Crippen molar-refractivity contribution in [1.29, 1.82) is 0 Å². The number of benzene rings is 1. The zero-order valence-electron chi connectivity index (χ0n) is 12.6. The van der Waals surface area contributed by atoms with Crippen molar-refractivity contribution in [3.8, 4) is 5.75 Å². The molecule has 1 fully saturated rings. The molecular formula is C16H21NO4S. The van der Waals surface area contributed by atoms with Crippen molar-refractivity contribution >= 4 is 23.6 Å². The van der Waals surface area contributed by atoms with Crippen molar-refractivity contribution in [2.24, 2.45) is 0 Å². The zero-order chi connectivity index (χ0) is 16.0. The standard InChI is InChI=1S/C16H21NO4S/c1-21-13-4-2-3-12(11-13)5-6-14(18)17-16(15(19)20)7-9-22-10-8-16/h2-4,11H,5-10H2,1H3,(H,17,18)(H,19,20). The number of ether oxygens (including phenoxy) is 1. The lowest BCUT2D eigenvalue weighted by molar-refractivity contribution is -0.148. The molecule has 0 unspecified atom stereocenters. The van der Waals surface area contributed by atoms with E-state index in [1.165, 1.54) is 0 Å². The fraction of sp³-hybridized carbons (Fsp3) is 0.500. The second kappa shape index (κ2) is 7.54. The summed E-state index contributed by atoms with van der Waals surface area (Å²) in [5.41, 5.74) is -0.0884. The summed E-state index contributed by atoms with van der Waals surface area (Å²) >= 11 is 1.73. The van der Waals surface area contributed by atoms with Gasteiger partial charge in [0.15, 0.2) is 0 Å². The zero-order valence-corrected chi connectivity index (χ0v) is 13.4. The van der Waals surface area contributed by atoms with Crippen LogP contribution in [0.25, 0.3) is 0 Å². The number of thioether (sulfide) groups is 1. The Morgan fingerprint density at radius 3 is 2.73 bits per heavy atom. The smallest absolute Gasteiger partial charge is 0.329 e. The van der Waals surface area contributed by atoms with E-state index in [9.17, 15) is 14.7 Å². The van der Waals surface area contributed by atoms with E-state index < -0.39 is 11.5 Å². The van der Waals surface area contributed by atoms with Crippen molar-refractivity contribution < 1.29 is 19.4 Å². The minimum atomic E-state index is -1.09. The first-order valence-corrected chi connectivity index (χ1v) is 8.46. The molecule has 1 aromatic carbocycles. The molecule has 0 atom stereocenters. The Labute approximate surface area is 134 Å². The van der Waals surface area contributed by atoms with Crippen LogP contribution in [0.4, 0.5) is 0 Å². The molecule has 2 N–H and O–H groups in total. The summed E-state index contributed by atoms with van der Waals surface area (Å²) in [6.07, 6.45) is 1.80. The van der Waals surface area contributed by atoms with Gasteiger partial charge >= 0.3 is 5.97 Å². The van der Waals surface area contributed by atoms with E-state index in [1.54, 1.807) is 18.9 Å². The van der Waals surface area contributed by atoms with Crippen LogP contribution >= 0.6 is 11.8 Å². The monoisotopic (exact) mass is 323 g/mol. The summed E-state index contributed by atoms with van der Waals surface area (Å²) < 4.78 is 5.15. The lowest BCUT2D eigenvalue weighted by Crippen LogP contribution is -2.56. The maximum Gasteiger partial charge on any atom is 0.329 e. The normalized spacial score (nSPS) is 16.8. The predicted molar refractivity (Wildman–Crippen MR) is 86.4 cm³/mol. The molecule has 0 saturated carbocycles. The van der Waals surface area contributed by atoms with Crippen LogP contribution in [-0.4, -0.2) is 41.1 Å². The first-order chi connectivity index (χ1) is 10.6. The van der Waals surface area contributed by atoms with E-state index in [0.29, 0.717) is 19.3 Å². The number of methoxy groups -OCH3 is 1. The Hall–Kier alpha value is -1.69. The van der Waals surface area contributed by atoms with Gasteiger partial charge in [0, 0.05) is 6.42 Å². The fourth-order valence-electron chi connectivity index (χ4n) is 2.53. The molecule has 2 rings (SSSR count). The summed E-state index contributed by atoms with van der Waals surface area (Å²) in [4.78, 5) is 23.7. The number of carbonyl (C=O) groups is 2. The van der Waals surface area contributed by atoms with E-state index in [0.717, 1.165) is 22.8 Å². The molecule has 5 nitrogen and oxygen atoms in total. The van der Waals surface area contributed by atoms with E-state index >= 15 is 0 Å². The van der Waals surface area contributed by atoms with Gasteiger partial charge in [0.05, 0.1) is 7.11 Å². The van der Waals surface area contributed by atoms with Gasteiger partial charge in [0.1, 0.15) is 11.3 Å². The van der Waals surface area contributed by atoms with Crippen LogP contribution in [0.15, 0.2) is 24.3 Å². The van der Waals surface area contributed by atoms with Gasteiger partial charge in [-0.1, -0.05) is 12.1 Å². The molecule has 0 aromatic heterocycles. The summed E-state index contributed by atoms with van der Waals surface area (Å²) in [6, 6.07) is 7.55. The van der Waals surface area contributed by atoms with E-state index in [4.69, 9.17) is 4.74 Å². The molecule has 120 valence electrons. The molecule has 0 bridgehead atoms. The number of hydrogen-bond acceptors (Lipinski definition) is 4. The number of aryl methyl sites for hydroxylation is 1. The quantitative estimate of drug-likeness (QED) is 0.838. The van der Waals surface area contributed by atoms with E-state index in [1.807, 2.05) is 24.3 Å². The summed E-state index contributed by atoms with van der Waals surface area (Å²) in [6.45, 7) is 0. The van der Waals surface area contributed by atoms with Gasteiger partial charge in [-0.05, 0) is 48.5 Å². The molecule has 6 heteroatoms. The van der Waals surface area contributed by atoms with Crippen molar-refractivity contribution in [1.82, 2.24) is 5.32 Å². The predicted octanol–water partition coefficient (Wildman–Crippen LogP) is 2.09. The lowest BCUT2D eigenvalue weighted by atomic mass is 9.92. The number of amides is 1. The molecule has 1 heterocycles. The molecule has 1 amide bonds. The molecule has 0 radical (unpaired) electrons. The molecule has 1 aliphatic heterocycles. The number of carboxylic acid groups (broad SMARTS) is 1. The van der Waals surface area contributed by atoms with Crippen LogP contribution in [0.2, 0.25) is 0 Å². The average molecular weight is 323 g/mol. The highest BCUT2D eigenvalue weighted by Crippen LogP contribution is 2.27. The highest BCUT2D eigenvalue weighted by molar-refractivity contribution is 7.99. The highest BCUT2D eigenvalue weighted by atomic mass is 32.2. The average Bonchev–Trinajstić information content (AvgIpc) is 2.54. The van der Waals surface area contributed by atoms with Gasteiger partial charge < -0.3 is 15.2 Å². The largest absolute Gasteiger partial charge is 0.497 e.